The molecule has 0 amide bonds. The Morgan fingerprint density at radius 2 is 1.77 bits per heavy atom. The Morgan fingerprint density at radius 1 is 1.00 bits per heavy atom. The highest BCUT2D eigenvalue weighted by Crippen LogP contribution is 2.38. The molecule has 0 aliphatic heterocycles. The minimum Gasteiger partial charge on any atom is -0.300 e. The number of thiazole rings is 1. The molecule has 2 heterocycles. The molecule has 5 nitrogen and oxygen atoms in total. The van der Waals surface area contributed by atoms with Gasteiger partial charge in [-0.2, -0.15) is 0 Å². The summed E-state index contributed by atoms with van der Waals surface area (Å²) in [5.41, 5.74) is 3.20. The van der Waals surface area contributed by atoms with Gasteiger partial charge in [-0.3, -0.25) is 10.1 Å². The quantitative estimate of drug-likeness (QED) is 0.456. The summed E-state index contributed by atoms with van der Waals surface area (Å²) in [6.07, 6.45) is 1.10. The summed E-state index contributed by atoms with van der Waals surface area (Å²) in [4.78, 5) is 26.9. The van der Waals surface area contributed by atoms with Crippen LogP contribution in [-0.2, 0) is 6.42 Å². The number of fused-ring (bicyclic) bond motifs is 2. The van der Waals surface area contributed by atoms with Gasteiger partial charge in [0.15, 0.2) is 10.9 Å². The van der Waals surface area contributed by atoms with Crippen LogP contribution in [0.25, 0.3) is 21.5 Å². The second-order valence-corrected chi connectivity index (χ2v) is 9.31. The van der Waals surface area contributed by atoms with Crippen LogP contribution in [0.4, 0.5) is 15.5 Å². The van der Waals surface area contributed by atoms with E-state index in [-0.39, 0.29) is 17.0 Å². The summed E-state index contributed by atoms with van der Waals surface area (Å²) in [7, 11) is 0. The number of carbonyl (C=O) groups is 1. The van der Waals surface area contributed by atoms with Crippen LogP contribution in [0.5, 0.6) is 0 Å². The lowest BCUT2D eigenvalue weighted by Gasteiger charge is -2.30. The lowest BCUT2D eigenvalue weighted by molar-refractivity contribution is 0.0910. The van der Waals surface area contributed by atoms with Crippen molar-refractivity contribution < 1.29 is 9.18 Å². The number of benzene rings is 2. The van der Waals surface area contributed by atoms with Gasteiger partial charge in [0.2, 0.25) is 5.95 Å². The molecule has 0 bridgehead atoms. The molecule has 2 aromatic heterocycles. The van der Waals surface area contributed by atoms with Crippen LogP contribution >= 0.6 is 11.3 Å². The first-order valence-electron chi connectivity index (χ1n) is 9.71. The number of nitrogens with zero attached hydrogens (tertiary/aromatic N) is 3. The Labute approximate surface area is 177 Å². The zero-order valence-corrected chi connectivity index (χ0v) is 17.4. The molecular formula is C23H19FN4OS. The fraction of sp³-hybridized carbons (Fsp3) is 0.217. The molecule has 150 valence electrons. The van der Waals surface area contributed by atoms with Crippen molar-refractivity contribution in [1.29, 1.82) is 0 Å². The van der Waals surface area contributed by atoms with Gasteiger partial charge in [0, 0.05) is 12.0 Å². The Kier molecular flexibility index (Phi) is 4.36. The molecule has 1 aliphatic rings. The van der Waals surface area contributed by atoms with E-state index >= 15 is 0 Å². The number of hydrogen-bond donors (Lipinski definition) is 1. The van der Waals surface area contributed by atoms with Gasteiger partial charge in [0.1, 0.15) is 5.82 Å². The number of nitrogens with one attached hydrogen (secondary N) is 1. The summed E-state index contributed by atoms with van der Waals surface area (Å²) < 4.78 is 14.5. The number of carbonyl (C=O) groups excluding carboxylic acids is 1. The van der Waals surface area contributed by atoms with E-state index in [0.29, 0.717) is 46.4 Å². The lowest BCUT2D eigenvalue weighted by atomic mass is 9.75. The van der Waals surface area contributed by atoms with Gasteiger partial charge in [0.05, 0.1) is 27.2 Å². The first-order chi connectivity index (χ1) is 14.4. The summed E-state index contributed by atoms with van der Waals surface area (Å²) in [5, 5.41) is 3.89. The molecule has 7 heteroatoms. The van der Waals surface area contributed by atoms with Crippen molar-refractivity contribution in [3.05, 3.63) is 65.6 Å². The number of aromatic nitrogens is 3. The average molecular weight is 418 g/mol. The third-order valence-corrected chi connectivity index (χ3v) is 6.13. The highest BCUT2D eigenvalue weighted by molar-refractivity contribution is 7.22. The highest BCUT2D eigenvalue weighted by Gasteiger charge is 2.35. The molecular weight excluding hydrogens is 399 g/mol. The maximum absolute atomic E-state index is 13.5. The van der Waals surface area contributed by atoms with Crippen molar-refractivity contribution >= 4 is 38.4 Å². The molecule has 0 saturated carbocycles. The van der Waals surface area contributed by atoms with Crippen molar-refractivity contribution in [2.75, 3.05) is 5.32 Å². The van der Waals surface area contributed by atoms with E-state index in [4.69, 9.17) is 0 Å². The Hall–Kier alpha value is -3.19. The van der Waals surface area contributed by atoms with Gasteiger partial charge in [0.25, 0.3) is 0 Å². The molecule has 0 spiro atoms. The third-order valence-electron chi connectivity index (χ3n) is 5.18. The first kappa shape index (κ1) is 18.8. The number of halogens is 1. The average Bonchev–Trinajstić information content (AvgIpc) is 3.09. The number of ketones is 1. The van der Waals surface area contributed by atoms with Crippen LogP contribution in [0.3, 0.4) is 0 Å². The van der Waals surface area contributed by atoms with E-state index in [1.54, 1.807) is 12.1 Å². The van der Waals surface area contributed by atoms with E-state index in [2.05, 4.69) is 34.1 Å². The number of rotatable bonds is 3. The fourth-order valence-electron chi connectivity index (χ4n) is 3.86. The van der Waals surface area contributed by atoms with Gasteiger partial charge in [-0.1, -0.05) is 37.3 Å². The van der Waals surface area contributed by atoms with Crippen LogP contribution in [-0.4, -0.2) is 20.7 Å². The summed E-state index contributed by atoms with van der Waals surface area (Å²) in [6, 6.07) is 13.9. The molecule has 1 N–H and O–H groups in total. The van der Waals surface area contributed by atoms with Gasteiger partial charge >= 0.3 is 0 Å². The van der Waals surface area contributed by atoms with E-state index in [1.165, 1.54) is 23.5 Å². The Morgan fingerprint density at radius 3 is 2.53 bits per heavy atom. The van der Waals surface area contributed by atoms with Gasteiger partial charge < -0.3 is 0 Å². The van der Waals surface area contributed by atoms with E-state index < -0.39 is 0 Å². The largest absolute Gasteiger partial charge is 0.300 e. The standard InChI is InChI=1S/C23H19FN4OS/c1-23(2)11-16-19(17(29)12-23)20(13-7-9-14(24)10-8-13)27-21(25-16)28-22-26-15-5-3-4-6-18(15)30-22/h3-10H,11-12H2,1-2H3,(H,25,26,27,28). The Balaban J connectivity index is 1.63. The predicted octanol–water partition coefficient (Wildman–Crippen LogP) is 5.79. The summed E-state index contributed by atoms with van der Waals surface area (Å²) in [6.45, 7) is 4.13. The molecule has 4 aromatic rings. The van der Waals surface area contributed by atoms with Crippen LogP contribution in [0.2, 0.25) is 0 Å². The van der Waals surface area contributed by atoms with Crippen molar-refractivity contribution in [2.24, 2.45) is 5.41 Å². The highest BCUT2D eigenvalue weighted by atomic mass is 32.1. The predicted molar refractivity (Wildman–Crippen MR) is 117 cm³/mol. The second kappa shape index (κ2) is 6.95. The minimum absolute atomic E-state index is 0.0205. The summed E-state index contributed by atoms with van der Waals surface area (Å²) >= 11 is 1.51. The fourth-order valence-corrected chi connectivity index (χ4v) is 4.72. The van der Waals surface area contributed by atoms with Crippen molar-refractivity contribution in [1.82, 2.24) is 15.0 Å². The molecule has 0 atom stereocenters. The second-order valence-electron chi connectivity index (χ2n) is 8.28. The molecule has 0 unspecified atom stereocenters. The number of Topliss-reactive ketones (excluding diaryl/α,β-unsaturated/α-hetero) is 1. The zero-order chi connectivity index (χ0) is 20.9. The van der Waals surface area contributed by atoms with E-state index in [0.717, 1.165) is 10.2 Å². The lowest BCUT2D eigenvalue weighted by Crippen LogP contribution is -2.29. The monoisotopic (exact) mass is 418 g/mol. The minimum atomic E-state index is -0.332. The number of anilines is 2. The first-order valence-corrected chi connectivity index (χ1v) is 10.5. The van der Waals surface area contributed by atoms with Crippen molar-refractivity contribution in [2.45, 2.75) is 26.7 Å². The van der Waals surface area contributed by atoms with E-state index in [1.807, 2.05) is 24.3 Å². The van der Waals surface area contributed by atoms with Crippen LogP contribution in [0, 0.1) is 11.2 Å². The molecule has 1 aliphatic carbocycles. The molecule has 30 heavy (non-hydrogen) atoms. The molecule has 0 radical (unpaired) electrons. The Bertz CT molecular complexity index is 1250. The van der Waals surface area contributed by atoms with Crippen LogP contribution in [0.15, 0.2) is 48.5 Å². The summed E-state index contributed by atoms with van der Waals surface area (Å²) in [5.74, 6) is 0.0756. The van der Waals surface area contributed by atoms with Gasteiger partial charge in [-0.05, 0) is 48.2 Å². The number of hydrogen-bond acceptors (Lipinski definition) is 6. The maximum atomic E-state index is 13.5. The molecule has 0 saturated heterocycles. The molecule has 2 aromatic carbocycles. The molecule has 0 fully saturated rings. The zero-order valence-electron chi connectivity index (χ0n) is 16.6. The van der Waals surface area contributed by atoms with Crippen LogP contribution < -0.4 is 5.32 Å². The van der Waals surface area contributed by atoms with Crippen molar-refractivity contribution in [3.8, 4) is 11.3 Å². The number of para-hydroxylation sites is 1. The maximum Gasteiger partial charge on any atom is 0.229 e. The normalized spacial score (nSPS) is 15.2. The smallest absolute Gasteiger partial charge is 0.229 e. The van der Waals surface area contributed by atoms with Gasteiger partial charge in [-0.25, -0.2) is 19.3 Å². The third kappa shape index (κ3) is 3.45. The van der Waals surface area contributed by atoms with Crippen molar-refractivity contribution in [3.63, 3.8) is 0 Å². The topological polar surface area (TPSA) is 67.8 Å². The van der Waals surface area contributed by atoms with Gasteiger partial charge in [-0.15, -0.1) is 0 Å². The van der Waals surface area contributed by atoms with Crippen LogP contribution in [0.1, 0.15) is 36.3 Å². The van der Waals surface area contributed by atoms with E-state index in [9.17, 15) is 9.18 Å². The SMILES string of the molecule is CC1(C)CC(=O)c2c(nc(Nc3nc4ccccc4s3)nc2-c2ccc(F)cc2)C1. The molecule has 5 rings (SSSR count).